The van der Waals surface area contributed by atoms with E-state index in [1.807, 2.05) is 24.5 Å². The second kappa shape index (κ2) is 14.1. The number of benzene rings is 1. The van der Waals surface area contributed by atoms with Gasteiger partial charge in [-0.2, -0.15) is 9.78 Å². The number of amides is 2. The third-order valence-corrected chi connectivity index (χ3v) is 11.2. The molecule has 0 saturated carbocycles. The number of carbonyl (C=O) groups is 3. The van der Waals surface area contributed by atoms with Crippen LogP contribution >= 0.6 is 58.5 Å². The van der Waals surface area contributed by atoms with Crippen molar-refractivity contribution in [2.24, 2.45) is 0 Å². The summed E-state index contributed by atoms with van der Waals surface area (Å²) in [6, 6.07) is 8.20. The third kappa shape index (κ3) is 7.87. The molecule has 2 atom stereocenters. The first kappa shape index (κ1) is 32.6. The fourth-order valence-electron chi connectivity index (χ4n) is 4.70. The number of quaternary nitrogens is 1. The van der Waals surface area contributed by atoms with Gasteiger partial charge in [0.05, 0.1) is 24.9 Å². The van der Waals surface area contributed by atoms with Crippen LogP contribution < -0.4 is 9.88 Å². The van der Waals surface area contributed by atoms with Gasteiger partial charge in [-0.25, -0.2) is 4.79 Å². The monoisotopic (exact) mass is 696 g/mol. The molecule has 1 saturated heterocycles. The van der Waals surface area contributed by atoms with Crippen molar-refractivity contribution in [3.05, 3.63) is 69.9 Å². The fraction of sp³-hybridized carbons (Fsp3) is 0.370. The van der Waals surface area contributed by atoms with Gasteiger partial charge in [0.1, 0.15) is 30.2 Å². The molecule has 2 aromatic heterocycles. The minimum atomic E-state index is -1.15. The summed E-state index contributed by atoms with van der Waals surface area (Å²) in [4.78, 5) is 40.9. The van der Waals surface area contributed by atoms with Gasteiger partial charge < -0.3 is 14.9 Å². The van der Waals surface area contributed by atoms with Gasteiger partial charge in [0, 0.05) is 38.5 Å². The largest absolute Gasteiger partial charge is 0.477 e. The Balaban J connectivity index is 1.14. The number of aliphatic carboxylic acids is 1. The van der Waals surface area contributed by atoms with Crippen LogP contribution in [0.3, 0.4) is 0 Å². The minimum absolute atomic E-state index is 0.00410. The maximum atomic E-state index is 13.0. The van der Waals surface area contributed by atoms with Crippen molar-refractivity contribution < 1.29 is 28.5 Å². The number of rotatable bonds is 13. The summed E-state index contributed by atoms with van der Waals surface area (Å²) in [6.07, 6.45) is 4.00. The minimum Gasteiger partial charge on any atom is -0.477 e. The van der Waals surface area contributed by atoms with Gasteiger partial charge >= 0.3 is 5.97 Å². The summed E-state index contributed by atoms with van der Waals surface area (Å²) in [6.45, 7) is 2.32. The number of tetrazole rings is 1. The van der Waals surface area contributed by atoms with Crippen LogP contribution in [0.1, 0.15) is 5.82 Å². The Morgan fingerprint density at radius 2 is 2.00 bits per heavy atom. The van der Waals surface area contributed by atoms with Gasteiger partial charge in [-0.05, 0) is 29.0 Å². The van der Waals surface area contributed by atoms with Crippen molar-refractivity contribution in [1.82, 2.24) is 30.8 Å². The zero-order valence-corrected chi connectivity index (χ0v) is 27.7. The van der Waals surface area contributed by atoms with Gasteiger partial charge in [0.25, 0.3) is 5.91 Å². The Kier molecular flexibility index (Phi) is 10.4. The van der Waals surface area contributed by atoms with Crippen LogP contribution in [0.2, 0.25) is 10.0 Å². The van der Waals surface area contributed by atoms with Crippen LogP contribution in [0.25, 0.3) is 0 Å². The summed E-state index contributed by atoms with van der Waals surface area (Å²) < 4.78 is 2.79. The number of carboxylic acid groups (broad SMARTS) is 1. The average Bonchev–Trinajstić information content (AvgIpc) is 3.50. The zero-order valence-electron chi connectivity index (χ0n) is 23.8. The summed E-state index contributed by atoms with van der Waals surface area (Å²) in [5.41, 5.74) is 0.676. The van der Waals surface area contributed by atoms with E-state index in [-0.39, 0.29) is 17.4 Å². The lowest BCUT2D eigenvalue weighted by Gasteiger charge is -2.49. The van der Waals surface area contributed by atoms with Crippen LogP contribution in [0.4, 0.5) is 0 Å². The number of nitrogens with one attached hydrogen (secondary N) is 2. The molecule has 2 amide bonds. The molecule has 232 valence electrons. The number of nitrogens with zero attached hydrogens (tertiary/aromatic N) is 6. The highest BCUT2D eigenvalue weighted by Crippen LogP contribution is 2.41. The molecule has 2 aliphatic heterocycles. The van der Waals surface area contributed by atoms with Crippen molar-refractivity contribution in [3.63, 3.8) is 0 Å². The van der Waals surface area contributed by atoms with Crippen molar-refractivity contribution in [1.29, 1.82) is 0 Å². The van der Waals surface area contributed by atoms with Gasteiger partial charge in [-0.1, -0.05) is 23.2 Å². The lowest BCUT2D eigenvalue weighted by atomic mass is 10.0. The van der Waals surface area contributed by atoms with Crippen LogP contribution in [0, 0.1) is 0 Å². The van der Waals surface area contributed by atoms with Crippen LogP contribution in [0.15, 0.2) is 63.8 Å². The highest BCUT2D eigenvalue weighted by Gasteiger charge is 2.54. The van der Waals surface area contributed by atoms with E-state index in [1.54, 1.807) is 18.2 Å². The predicted molar refractivity (Wildman–Crippen MR) is 169 cm³/mol. The molecule has 3 N–H and O–H groups in total. The highest BCUT2D eigenvalue weighted by molar-refractivity contribution is 8.01. The summed E-state index contributed by atoms with van der Waals surface area (Å²) in [5, 5.41) is 27.5. The molecular weight excluding hydrogens is 667 g/mol. The van der Waals surface area contributed by atoms with Gasteiger partial charge in [0.2, 0.25) is 11.7 Å². The molecule has 5 rings (SSSR count). The number of hydrogen-bond acceptors (Lipinski definition) is 9. The number of hydrogen-bond donors (Lipinski definition) is 3. The van der Waals surface area contributed by atoms with E-state index in [9.17, 15) is 19.5 Å². The highest BCUT2D eigenvalue weighted by atomic mass is 35.5. The molecule has 1 aromatic carbocycles. The molecule has 0 radical (unpaired) electrons. The van der Waals surface area contributed by atoms with E-state index >= 15 is 0 Å². The summed E-state index contributed by atoms with van der Waals surface area (Å²) in [7, 11) is 4.22. The molecule has 44 heavy (non-hydrogen) atoms. The molecule has 0 bridgehead atoms. The summed E-state index contributed by atoms with van der Waals surface area (Å²) in [5.74, 6) is -0.337. The van der Waals surface area contributed by atoms with Crippen molar-refractivity contribution >= 4 is 76.3 Å². The van der Waals surface area contributed by atoms with E-state index < -0.39 is 23.3 Å². The van der Waals surface area contributed by atoms with Crippen molar-refractivity contribution in [3.8, 4) is 0 Å². The van der Waals surface area contributed by atoms with Crippen LogP contribution in [-0.2, 0) is 27.5 Å². The Morgan fingerprint density at radius 1 is 1.23 bits per heavy atom. The molecule has 12 nitrogen and oxygen atoms in total. The number of aromatic nitrogens is 5. The number of halogens is 2. The first-order chi connectivity index (χ1) is 21.0. The predicted octanol–water partition coefficient (Wildman–Crippen LogP) is 2.69. The lowest BCUT2D eigenvalue weighted by Crippen LogP contribution is -2.70. The fourth-order valence-corrected chi connectivity index (χ4v) is 8.37. The van der Waals surface area contributed by atoms with E-state index in [4.69, 9.17) is 23.2 Å². The molecule has 2 unspecified atom stereocenters. The standard InChI is InChI=1S/C27H28Cl2N8O4S3/c1-37(2,12-21-31-33-34-32-21)10-9-35-7-5-18(6-8-35)42-13-16-14-44-26-23(25(39)36(26)24(16)27(40)41)30-22(38)15-43-20-11-17(28)3-4-19(20)29/h3-8,11,23,26H,9-10,12-15H2,1-2H3,(H-2,30,31,32,33,34,38,40,41)/p+2. The lowest BCUT2D eigenvalue weighted by molar-refractivity contribution is -0.922. The molecule has 0 aliphatic carbocycles. The normalized spacial score (nSPS) is 18.2. The second-order valence-electron chi connectivity index (χ2n) is 10.8. The number of carboxylic acids is 1. The summed E-state index contributed by atoms with van der Waals surface area (Å²) >= 11 is 16.4. The number of pyridine rings is 1. The molecule has 17 heteroatoms. The third-order valence-electron chi connectivity index (χ3n) is 7.01. The number of fused-ring (bicyclic) bond motifs is 1. The number of H-pyrrole nitrogens is 1. The topological polar surface area (TPSA) is 145 Å². The van der Waals surface area contributed by atoms with Gasteiger partial charge in [0.15, 0.2) is 18.9 Å². The van der Waals surface area contributed by atoms with E-state index in [0.717, 1.165) is 18.0 Å². The van der Waals surface area contributed by atoms with E-state index in [0.29, 0.717) is 48.9 Å². The maximum Gasteiger partial charge on any atom is 0.352 e. The molecule has 3 aromatic rings. The zero-order chi connectivity index (χ0) is 31.4. The maximum absolute atomic E-state index is 13.0. The van der Waals surface area contributed by atoms with E-state index in [2.05, 4.69) is 44.6 Å². The SMILES string of the molecule is C[N+](C)(CC[n+]1ccc(SCC2=C(C(=O)O)N3C(=O)C(NC(=O)CSc4cc(Cl)ccc4Cl)C3SC2)cc1)Cc1nn[nH]n1. The smallest absolute Gasteiger partial charge is 0.352 e. The molecule has 2 aliphatic rings. The number of aromatic amines is 1. The number of β-lactam (4-membered cyclic amide) rings is 1. The first-order valence-corrected chi connectivity index (χ1v) is 17.2. The van der Waals surface area contributed by atoms with Gasteiger partial charge in [-0.3, -0.25) is 14.5 Å². The number of carbonyl (C=O) groups excluding carboxylic acids is 2. The molecule has 0 spiro atoms. The molecule has 1 fully saturated rings. The van der Waals surface area contributed by atoms with E-state index in [1.165, 1.54) is 40.2 Å². The van der Waals surface area contributed by atoms with Crippen LogP contribution in [0.5, 0.6) is 0 Å². The first-order valence-electron chi connectivity index (χ1n) is 13.4. The molecular formula is C27H30Cl2N8O4S3+2. The Hall–Kier alpha value is -2.82. The van der Waals surface area contributed by atoms with Crippen molar-refractivity contribution in [2.45, 2.75) is 34.3 Å². The average molecular weight is 698 g/mol. The quantitative estimate of drug-likeness (QED) is 0.106. The Morgan fingerprint density at radius 3 is 2.70 bits per heavy atom. The number of thioether (sulfide) groups is 3. The number of likely N-dealkylation sites (N-methyl/N-ethyl adjacent to an activating group) is 1. The van der Waals surface area contributed by atoms with Crippen molar-refractivity contribution in [2.75, 3.05) is 37.9 Å². The van der Waals surface area contributed by atoms with Crippen LogP contribution in [-0.4, -0.2) is 102 Å². The Labute approximate surface area is 276 Å². The Bertz CT molecular complexity index is 1570. The second-order valence-corrected chi connectivity index (χ2v) is 14.8. The van der Waals surface area contributed by atoms with Gasteiger partial charge in [-0.15, -0.1) is 45.5 Å². The molecule has 4 heterocycles.